The van der Waals surface area contributed by atoms with E-state index in [9.17, 15) is 9.59 Å². The molecular formula is C18H26N2O4. The molecule has 6 nitrogen and oxygen atoms in total. The van der Waals surface area contributed by atoms with E-state index >= 15 is 0 Å². The van der Waals surface area contributed by atoms with Crippen molar-refractivity contribution in [3.63, 3.8) is 0 Å². The molecule has 4 unspecified atom stereocenters. The fraction of sp³-hybridized carbons (Fsp3) is 0.667. The van der Waals surface area contributed by atoms with Gasteiger partial charge in [-0.2, -0.15) is 0 Å². The third-order valence-electron chi connectivity index (χ3n) is 4.61. The molecule has 0 aromatic rings. The first-order chi connectivity index (χ1) is 11.5. The van der Waals surface area contributed by atoms with Crippen LogP contribution in [0.15, 0.2) is 24.3 Å². The summed E-state index contributed by atoms with van der Waals surface area (Å²) in [5, 5.41) is 2.94. The smallest absolute Gasteiger partial charge is 0.254 e. The first kappa shape index (κ1) is 17.2. The number of amides is 2. The van der Waals surface area contributed by atoms with Gasteiger partial charge in [0.15, 0.2) is 6.10 Å². The molecule has 1 N–H and O–H groups in total. The maximum absolute atomic E-state index is 12.8. The second-order valence-corrected chi connectivity index (χ2v) is 6.94. The number of hydrogen-bond acceptors (Lipinski definition) is 4. The van der Waals surface area contributed by atoms with Crippen LogP contribution in [0.3, 0.4) is 0 Å². The monoisotopic (exact) mass is 334 g/mol. The number of likely N-dealkylation sites (tertiary alicyclic amines) is 1. The third-order valence-corrected chi connectivity index (χ3v) is 4.61. The number of fused-ring (bicyclic) bond motifs is 1. The number of piperidine rings is 1. The summed E-state index contributed by atoms with van der Waals surface area (Å²) >= 11 is 0. The first-order valence-corrected chi connectivity index (χ1v) is 8.76. The minimum absolute atomic E-state index is 0.0312. The Morgan fingerprint density at radius 2 is 1.96 bits per heavy atom. The van der Waals surface area contributed by atoms with Gasteiger partial charge in [-0.25, -0.2) is 0 Å². The van der Waals surface area contributed by atoms with Crippen LogP contribution in [-0.2, 0) is 19.1 Å². The van der Waals surface area contributed by atoms with E-state index < -0.39 is 6.10 Å². The van der Waals surface area contributed by atoms with Crippen LogP contribution in [0.1, 0.15) is 26.7 Å². The van der Waals surface area contributed by atoms with Gasteiger partial charge in [-0.3, -0.25) is 9.59 Å². The van der Waals surface area contributed by atoms with E-state index in [2.05, 4.69) is 5.32 Å². The molecule has 2 fully saturated rings. The maximum Gasteiger partial charge on any atom is 0.254 e. The van der Waals surface area contributed by atoms with Crippen LogP contribution >= 0.6 is 0 Å². The molecule has 3 aliphatic rings. The summed E-state index contributed by atoms with van der Waals surface area (Å²) in [5.74, 6) is -0.179. The largest absolute Gasteiger partial charge is 0.368 e. The van der Waals surface area contributed by atoms with Gasteiger partial charge in [0.2, 0.25) is 5.91 Å². The van der Waals surface area contributed by atoms with Crippen LogP contribution < -0.4 is 5.32 Å². The number of carbonyl (C=O) groups excluding carboxylic acids is 2. The Hall–Kier alpha value is -1.66. The van der Waals surface area contributed by atoms with Crippen molar-refractivity contribution in [2.24, 2.45) is 5.92 Å². The van der Waals surface area contributed by atoms with E-state index in [1.165, 1.54) is 0 Å². The minimum atomic E-state index is -0.589. The highest BCUT2D eigenvalue weighted by atomic mass is 16.6. The van der Waals surface area contributed by atoms with Gasteiger partial charge >= 0.3 is 0 Å². The van der Waals surface area contributed by atoms with E-state index in [1.54, 1.807) is 4.90 Å². The molecule has 0 radical (unpaired) electrons. The molecule has 0 aromatic carbocycles. The highest BCUT2D eigenvalue weighted by Gasteiger charge is 2.38. The Bertz CT molecular complexity index is 543. The molecular weight excluding hydrogens is 308 g/mol. The number of nitrogens with one attached hydrogen (secondary N) is 1. The number of rotatable bonds is 3. The third kappa shape index (κ3) is 3.87. The number of carbonyl (C=O) groups is 2. The quantitative estimate of drug-likeness (QED) is 0.837. The van der Waals surface area contributed by atoms with Gasteiger partial charge in [-0.1, -0.05) is 24.3 Å². The SMILES string of the molecule is CC(C)NC(=O)C1CCCN(C(=O)C2COC3C=CC=CC3O2)C1. The summed E-state index contributed by atoms with van der Waals surface area (Å²) in [5.41, 5.74) is 0. The van der Waals surface area contributed by atoms with Crippen molar-refractivity contribution in [3.8, 4) is 0 Å². The lowest BCUT2D eigenvalue weighted by Crippen LogP contribution is -2.54. The Kier molecular flexibility index (Phi) is 5.36. The van der Waals surface area contributed by atoms with E-state index in [4.69, 9.17) is 9.47 Å². The molecule has 0 saturated carbocycles. The Balaban J connectivity index is 1.57. The van der Waals surface area contributed by atoms with E-state index in [0.29, 0.717) is 13.1 Å². The van der Waals surface area contributed by atoms with Crippen molar-refractivity contribution in [2.45, 2.75) is 51.0 Å². The Morgan fingerprint density at radius 1 is 1.21 bits per heavy atom. The highest BCUT2D eigenvalue weighted by molar-refractivity contribution is 5.83. The molecule has 1 aliphatic carbocycles. The zero-order valence-corrected chi connectivity index (χ0v) is 14.3. The number of ether oxygens (including phenoxy) is 2. The zero-order valence-electron chi connectivity index (χ0n) is 14.3. The van der Waals surface area contributed by atoms with Gasteiger partial charge in [-0.15, -0.1) is 0 Å². The molecule has 0 spiro atoms. The van der Waals surface area contributed by atoms with E-state index in [0.717, 1.165) is 12.8 Å². The highest BCUT2D eigenvalue weighted by Crippen LogP contribution is 2.23. The minimum Gasteiger partial charge on any atom is -0.368 e. The predicted molar refractivity (Wildman–Crippen MR) is 89.3 cm³/mol. The zero-order chi connectivity index (χ0) is 17.1. The summed E-state index contributed by atoms with van der Waals surface area (Å²) in [6.07, 6.45) is 8.45. The molecule has 2 heterocycles. The van der Waals surface area contributed by atoms with Gasteiger partial charge in [0.1, 0.15) is 12.2 Å². The van der Waals surface area contributed by atoms with Crippen molar-refractivity contribution in [2.75, 3.05) is 19.7 Å². The first-order valence-electron chi connectivity index (χ1n) is 8.76. The number of hydrogen-bond donors (Lipinski definition) is 1. The lowest BCUT2D eigenvalue weighted by molar-refractivity contribution is -0.178. The van der Waals surface area contributed by atoms with Crippen molar-refractivity contribution >= 4 is 11.8 Å². The van der Waals surface area contributed by atoms with Crippen LogP contribution in [0.25, 0.3) is 0 Å². The van der Waals surface area contributed by atoms with Gasteiger partial charge in [0, 0.05) is 19.1 Å². The predicted octanol–water partition coefficient (Wildman–Crippen LogP) is 1.03. The van der Waals surface area contributed by atoms with Crippen LogP contribution in [-0.4, -0.2) is 60.8 Å². The normalized spacial score (nSPS) is 32.5. The average molecular weight is 334 g/mol. The van der Waals surface area contributed by atoms with Gasteiger partial charge in [0.05, 0.1) is 12.5 Å². The average Bonchev–Trinajstić information content (AvgIpc) is 2.60. The van der Waals surface area contributed by atoms with Crippen LogP contribution in [0.2, 0.25) is 0 Å². The van der Waals surface area contributed by atoms with E-state index in [-0.39, 0.29) is 42.6 Å². The summed E-state index contributed by atoms with van der Waals surface area (Å²) in [4.78, 5) is 26.7. The lowest BCUT2D eigenvalue weighted by atomic mass is 9.96. The Morgan fingerprint density at radius 3 is 2.71 bits per heavy atom. The summed E-state index contributed by atoms with van der Waals surface area (Å²) in [7, 11) is 0. The molecule has 0 bridgehead atoms. The van der Waals surface area contributed by atoms with Crippen LogP contribution in [0.4, 0.5) is 0 Å². The molecule has 6 heteroatoms. The molecule has 2 saturated heterocycles. The van der Waals surface area contributed by atoms with Crippen molar-refractivity contribution < 1.29 is 19.1 Å². The molecule has 0 aromatic heterocycles. The summed E-state index contributed by atoms with van der Waals surface area (Å²) < 4.78 is 11.7. The molecule has 4 atom stereocenters. The van der Waals surface area contributed by atoms with Gasteiger partial charge < -0.3 is 19.7 Å². The number of nitrogens with zero attached hydrogens (tertiary/aromatic N) is 1. The fourth-order valence-electron chi connectivity index (χ4n) is 3.39. The molecule has 2 aliphatic heterocycles. The van der Waals surface area contributed by atoms with Crippen LogP contribution in [0, 0.1) is 5.92 Å². The number of allylic oxidation sites excluding steroid dienone is 2. The molecule has 2 amide bonds. The van der Waals surface area contributed by atoms with Gasteiger partial charge in [0.25, 0.3) is 5.91 Å². The van der Waals surface area contributed by atoms with Crippen molar-refractivity contribution in [1.82, 2.24) is 10.2 Å². The molecule has 132 valence electrons. The van der Waals surface area contributed by atoms with Crippen molar-refractivity contribution in [1.29, 1.82) is 0 Å². The standard InChI is InChI=1S/C18H26N2O4/c1-12(2)19-17(21)13-6-5-9-20(10-13)18(22)16-11-23-14-7-3-4-8-15(14)24-16/h3-4,7-8,12-16H,5-6,9-11H2,1-2H3,(H,19,21). The van der Waals surface area contributed by atoms with Crippen LogP contribution in [0.5, 0.6) is 0 Å². The van der Waals surface area contributed by atoms with E-state index in [1.807, 2.05) is 38.2 Å². The van der Waals surface area contributed by atoms with Crippen molar-refractivity contribution in [3.05, 3.63) is 24.3 Å². The maximum atomic E-state index is 12.8. The second kappa shape index (κ2) is 7.49. The van der Waals surface area contributed by atoms with Gasteiger partial charge in [-0.05, 0) is 26.7 Å². The fourth-order valence-corrected chi connectivity index (χ4v) is 3.39. The topological polar surface area (TPSA) is 67.9 Å². The summed E-state index contributed by atoms with van der Waals surface area (Å²) in [6.45, 7) is 5.28. The molecule has 3 rings (SSSR count). The molecule has 24 heavy (non-hydrogen) atoms. The second-order valence-electron chi connectivity index (χ2n) is 6.94. The summed E-state index contributed by atoms with van der Waals surface area (Å²) in [6, 6.07) is 0.113. The Labute approximate surface area is 142 Å². The lowest BCUT2D eigenvalue weighted by Gasteiger charge is -2.38.